The first kappa shape index (κ1) is 27.7. The highest BCUT2D eigenvalue weighted by Crippen LogP contribution is 2.45. The number of aromatic nitrogens is 2. The van der Waals surface area contributed by atoms with Gasteiger partial charge < -0.3 is 20.7 Å². The fourth-order valence-corrected chi connectivity index (χ4v) is 5.28. The molecule has 0 aliphatic heterocycles. The van der Waals surface area contributed by atoms with Crippen LogP contribution in [0.5, 0.6) is 5.75 Å². The Morgan fingerprint density at radius 3 is 2.42 bits per heavy atom. The number of para-hydroxylation sites is 1. The number of hydrogen-bond donors (Lipinski definition) is 3. The second kappa shape index (κ2) is 11.2. The van der Waals surface area contributed by atoms with Crippen LogP contribution in [0.25, 0.3) is 0 Å². The normalized spacial score (nSPS) is 13.5. The van der Waals surface area contributed by atoms with E-state index >= 15 is 0 Å². The third kappa shape index (κ3) is 6.02. The molecule has 1 fully saturated rings. The van der Waals surface area contributed by atoms with Crippen LogP contribution >= 0.6 is 11.6 Å². The van der Waals surface area contributed by atoms with E-state index in [4.69, 9.17) is 16.3 Å². The maximum Gasteiger partial charge on any atom is 0.251 e. The monoisotopic (exact) mass is 557 g/mol. The van der Waals surface area contributed by atoms with Gasteiger partial charge in [0.1, 0.15) is 10.8 Å². The van der Waals surface area contributed by atoms with Gasteiger partial charge in [-0.15, -0.1) is 0 Å². The minimum absolute atomic E-state index is 0.101. The maximum atomic E-state index is 12.9. The molecule has 3 N–H and O–H groups in total. The molecule has 1 aliphatic carbocycles. The Morgan fingerprint density at radius 1 is 1.08 bits per heavy atom. The molecule has 202 valence electrons. The van der Waals surface area contributed by atoms with Gasteiger partial charge in [0.05, 0.1) is 33.8 Å². The van der Waals surface area contributed by atoms with Crippen LogP contribution in [0.1, 0.15) is 62.4 Å². The molecule has 9 nitrogen and oxygen atoms in total. The summed E-state index contributed by atoms with van der Waals surface area (Å²) in [5, 5.41) is 8.52. The Morgan fingerprint density at radius 2 is 1.79 bits per heavy atom. The standard InChI is InChI=1S/C27H32ClN5O4S/c1-15(2)37-23-13-18(17-10-11-17)19(26(34)29-5)12-22(23)32-27-30-14-20(28)25(33-27)31-21-8-6-7-9-24(21)38(35,36)16(3)4/h6-9,12-17H,10-11H2,1-5H3,(H,29,34)(H2,30,31,32,33). The van der Waals surface area contributed by atoms with Crippen molar-refractivity contribution in [3.63, 3.8) is 0 Å². The predicted octanol–water partition coefficient (Wildman–Crippen LogP) is 5.82. The van der Waals surface area contributed by atoms with E-state index in [-0.39, 0.29) is 33.7 Å². The molecule has 38 heavy (non-hydrogen) atoms. The van der Waals surface area contributed by atoms with E-state index in [0.717, 1.165) is 18.4 Å². The zero-order chi connectivity index (χ0) is 27.6. The zero-order valence-electron chi connectivity index (χ0n) is 22.0. The first-order valence-electron chi connectivity index (χ1n) is 12.5. The number of hydrogen-bond acceptors (Lipinski definition) is 8. The van der Waals surface area contributed by atoms with E-state index in [1.54, 1.807) is 51.2 Å². The van der Waals surface area contributed by atoms with Crippen molar-refractivity contribution in [3.05, 3.63) is 58.7 Å². The number of nitrogens with zero attached hydrogens (tertiary/aromatic N) is 2. The maximum absolute atomic E-state index is 12.9. The smallest absolute Gasteiger partial charge is 0.251 e. The van der Waals surface area contributed by atoms with Crippen LogP contribution in [0.2, 0.25) is 5.02 Å². The minimum Gasteiger partial charge on any atom is -0.489 e. The lowest BCUT2D eigenvalue weighted by Gasteiger charge is -2.19. The summed E-state index contributed by atoms with van der Waals surface area (Å²) in [6.07, 6.45) is 3.37. The van der Waals surface area contributed by atoms with Gasteiger partial charge in [-0.1, -0.05) is 23.7 Å². The van der Waals surface area contributed by atoms with Crippen molar-refractivity contribution in [3.8, 4) is 5.75 Å². The minimum atomic E-state index is -3.56. The van der Waals surface area contributed by atoms with Gasteiger partial charge in [0.2, 0.25) is 5.95 Å². The molecule has 0 atom stereocenters. The molecular formula is C27H32ClN5O4S. The number of halogens is 1. The van der Waals surface area contributed by atoms with Gasteiger partial charge in [0, 0.05) is 12.6 Å². The van der Waals surface area contributed by atoms with Gasteiger partial charge in [-0.25, -0.2) is 13.4 Å². The molecule has 1 aliphatic rings. The van der Waals surface area contributed by atoms with E-state index in [1.807, 2.05) is 19.9 Å². The Hall–Kier alpha value is -3.37. The summed E-state index contributed by atoms with van der Waals surface area (Å²) < 4.78 is 31.8. The molecule has 1 aromatic heterocycles. The van der Waals surface area contributed by atoms with E-state index < -0.39 is 15.1 Å². The molecule has 0 saturated heterocycles. The van der Waals surface area contributed by atoms with Gasteiger partial charge in [0.25, 0.3) is 5.91 Å². The third-order valence-corrected chi connectivity index (χ3v) is 8.55. The quantitative estimate of drug-likeness (QED) is 0.285. The summed E-state index contributed by atoms with van der Waals surface area (Å²) in [5.74, 6) is 1.14. The number of anilines is 4. The van der Waals surface area contributed by atoms with Crippen molar-refractivity contribution in [2.45, 2.75) is 62.7 Å². The Kier molecular flexibility index (Phi) is 8.13. The molecule has 2 aromatic carbocycles. The van der Waals surface area contributed by atoms with Crippen molar-refractivity contribution < 1.29 is 17.9 Å². The summed E-state index contributed by atoms with van der Waals surface area (Å²) in [6, 6.07) is 10.3. The van der Waals surface area contributed by atoms with E-state index in [9.17, 15) is 13.2 Å². The molecular weight excluding hydrogens is 526 g/mol. The van der Waals surface area contributed by atoms with Crippen LogP contribution in [-0.2, 0) is 9.84 Å². The zero-order valence-corrected chi connectivity index (χ0v) is 23.6. The molecule has 1 saturated carbocycles. The first-order valence-corrected chi connectivity index (χ1v) is 14.4. The van der Waals surface area contributed by atoms with Crippen LogP contribution in [-0.4, -0.2) is 42.7 Å². The SMILES string of the molecule is CNC(=O)c1cc(Nc2ncc(Cl)c(Nc3ccccc3S(=O)(=O)C(C)C)n2)c(OC(C)C)cc1C1CC1. The molecule has 11 heteroatoms. The molecule has 3 aromatic rings. The number of nitrogens with one attached hydrogen (secondary N) is 3. The van der Waals surface area contributed by atoms with Crippen molar-refractivity contribution in [1.82, 2.24) is 15.3 Å². The van der Waals surface area contributed by atoms with Crippen molar-refractivity contribution >= 4 is 50.5 Å². The highest BCUT2D eigenvalue weighted by Gasteiger charge is 2.30. The molecule has 1 heterocycles. The van der Waals surface area contributed by atoms with E-state index in [2.05, 4.69) is 25.9 Å². The lowest BCUT2D eigenvalue weighted by molar-refractivity contribution is 0.0962. The van der Waals surface area contributed by atoms with Gasteiger partial charge >= 0.3 is 0 Å². The largest absolute Gasteiger partial charge is 0.489 e. The highest BCUT2D eigenvalue weighted by atomic mass is 35.5. The molecule has 0 radical (unpaired) electrons. The lowest BCUT2D eigenvalue weighted by Crippen LogP contribution is -2.20. The number of carbonyl (C=O) groups is 1. The molecule has 4 rings (SSSR count). The summed E-state index contributed by atoms with van der Waals surface area (Å²) in [4.78, 5) is 21.6. The number of rotatable bonds is 10. The van der Waals surface area contributed by atoms with Crippen LogP contribution < -0.4 is 20.7 Å². The average Bonchev–Trinajstić information content (AvgIpc) is 3.71. The fourth-order valence-electron chi connectivity index (χ4n) is 3.94. The predicted molar refractivity (Wildman–Crippen MR) is 150 cm³/mol. The van der Waals surface area contributed by atoms with Gasteiger partial charge in [0.15, 0.2) is 15.7 Å². The Bertz CT molecular complexity index is 1460. The van der Waals surface area contributed by atoms with Crippen LogP contribution in [0.15, 0.2) is 47.5 Å². The molecule has 0 spiro atoms. The number of sulfone groups is 1. The van der Waals surface area contributed by atoms with Crippen molar-refractivity contribution in [2.75, 3.05) is 17.7 Å². The molecule has 0 bridgehead atoms. The second-order valence-electron chi connectivity index (χ2n) is 9.69. The average molecular weight is 558 g/mol. The molecule has 0 unspecified atom stereocenters. The van der Waals surface area contributed by atoms with Gasteiger partial charge in [-0.3, -0.25) is 4.79 Å². The number of amides is 1. The van der Waals surface area contributed by atoms with Crippen molar-refractivity contribution in [1.29, 1.82) is 0 Å². The van der Waals surface area contributed by atoms with Crippen LogP contribution in [0.3, 0.4) is 0 Å². The Balaban J connectivity index is 1.72. The topological polar surface area (TPSA) is 122 Å². The summed E-state index contributed by atoms with van der Waals surface area (Å²) in [6.45, 7) is 7.11. The van der Waals surface area contributed by atoms with Crippen LogP contribution in [0.4, 0.5) is 23.1 Å². The number of benzene rings is 2. The van der Waals surface area contributed by atoms with Crippen molar-refractivity contribution in [2.24, 2.45) is 0 Å². The first-order chi connectivity index (χ1) is 18.0. The molecule has 1 amide bonds. The highest BCUT2D eigenvalue weighted by molar-refractivity contribution is 7.92. The summed E-state index contributed by atoms with van der Waals surface area (Å²) in [7, 11) is -1.96. The lowest BCUT2D eigenvalue weighted by atomic mass is 10.0. The van der Waals surface area contributed by atoms with Crippen LogP contribution in [0, 0.1) is 0 Å². The third-order valence-electron chi connectivity index (χ3n) is 6.06. The number of ether oxygens (including phenoxy) is 1. The Labute approximate surface area is 228 Å². The number of carbonyl (C=O) groups excluding carboxylic acids is 1. The van der Waals surface area contributed by atoms with E-state index in [0.29, 0.717) is 28.6 Å². The fraction of sp³-hybridized carbons (Fsp3) is 0.370. The van der Waals surface area contributed by atoms with Gasteiger partial charge in [-0.05, 0) is 76.3 Å². The second-order valence-corrected chi connectivity index (χ2v) is 12.6. The van der Waals surface area contributed by atoms with E-state index in [1.165, 1.54) is 6.20 Å². The summed E-state index contributed by atoms with van der Waals surface area (Å²) >= 11 is 6.38. The summed E-state index contributed by atoms with van der Waals surface area (Å²) in [5.41, 5.74) is 2.40. The van der Waals surface area contributed by atoms with Gasteiger partial charge in [-0.2, -0.15) is 4.98 Å².